The summed E-state index contributed by atoms with van der Waals surface area (Å²) in [6.07, 6.45) is 2.33. The Morgan fingerprint density at radius 3 is 2.72 bits per heavy atom. The minimum Gasteiger partial charge on any atom is -0.490 e. The Kier molecular flexibility index (Phi) is 4.79. The molecule has 1 heterocycles. The lowest BCUT2D eigenvalue weighted by molar-refractivity contribution is 0.0938. The van der Waals surface area contributed by atoms with Gasteiger partial charge in [-0.2, -0.15) is 5.10 Å². The molecular formula is C19H24FN3O2. The summed E-state index contributed by atoms with van der Waals surface area (Å²) in [7, 11) is 1.80. The predicted octanol–water partition coefficient (Wildman–Crippen LogP) is 3.46. The van der Waals surface area contributed by atoms with Crippen LogP contribution in [0.5, 0.6) is 5.75 Å². The van der Waals surface area contributed by atoms with Crippen molar-refractivity contribution >= 4 is 5.91 Å². The van der Waals surface area contributed by atoms with Crippen LogP contribution < -0.4 is 10.1 Å². The first-order valence-corrected chi connectivity index (χ1v) is 8.60. The maximum absolute atomic E-state index is 14.2. The first-order chi connectivity index (χ1) is 11.9. The number of amides is 1. The van der Waals surface area contributed by atoms with E-state index in [0.717, 1.165) is 18.5 Å². The summed E-state index contributed by atoms with van der Waals surface area (Å²) in [6, 6.07) is 4.53. The second kappa shape index (κ2) is 6.86. The summed E-state index contributed by atoms with van der Waals surface area (Å²) in [5.74, 6) is 0.245. The third kappa shape index (κ3) is 3.83. The van der Waals surface area contributed by atoms with Crippen molar-refractivity contribution in [1.29, 1.82) is 0 Å². The summed E-state index contributed by atoms with van der Waals surface area (Å²) in [4.78, 5) is 12.5. The van der Waals surface area contributed by atoms with Gasteiger partial charge in [0, 0.05) is 12.7 Å². The van der Waals surface area contributed by atoms with Crippen molar-refractivity contribution in [2.45, 2.75) is 39.7 Å². The molecule has 1 aliphatic rings. The van der Waals surface area contributed by atoms with Crippen LogP contribution in [0.15, 0.2) is 18.2 Å². The minimum absolute atomic E-state index is 0.204. The summed E-state index contributed by atoms with van der Waals surface area (Å²) < 4.78 is 21.4. The van der Waals surface area contributed by atoms with E-state index in [1.165, 1.54) is 6.07 Å². The number of benzene rings is 1. The van der Waals surface area contributed by atoms with Crippen LogP contribution in [0.1, 0.15) is 53.1 Å². The van der Waals surface area contributed by atoms with Gasteiger partial charge in [-0.1, -0.05) is 6.07 Å². The van der Waals surface area contributed by atoms with Crippen LogP contribution in [0, 0.1) is 25.6 Å². The molecule has 0 aliphatic heterocycles. The molecule has 5 nitrogen and oxygen atoms in total. The number of carbonyl (C=O) groups is 1. The predicted molar refractivity (Wildman–Crippen MR) is 93.2 cm³/mol. The number of hydrogen-bond donors (Lipinski definition) is 1. The molecule has 1 fully saturated rings. The largest absolute Gasteiger partial charge is 0.490 e. The van der Waals surface area contributed by atoms with Gasteiger partial charge in [-0.15, -0.1) is 0 Å². The Morgan fingerprint density at radius 2 is 2.16 bits per heavy atom. The van der Waals surface area contributed by atoms with E-state index in [9.17, 15) is 9.18 Å². The molecule has 1 aromatic heterocycles. The van der Waals surface area contributed by atoms with Gasteiger partial charge in [0.1, 0.15) is 0 Å². The molecule has 1 aromatic carbocycles. The standard InChI is InChI=1S/C19H24FN3O2/c1-11(21-19(24)18-12(2)22-23(4)13(18)3)15-7-8-17(16(20)9-15)25-10-14-5-6-14/h7-9,11,14H,5-6,10H2,1-4H3,(H,21,24). The normalized spacial score (nSPS) is 15.1. The highest BCUT2D eigenvalue weighted by Gasteiger charge is 2.23. The maximum Gasteiger partial charge on any atom is 0.255 e. The van der Waals surface area contributed by atoms with Gasteiger partial charge < -0.3 is 10.1 Å². The van der Waals surface area contributed by atoms with E-state index < -0.39 is 5.82 Å². The summed E-state index contributed by atoms with van der Waals surface area (Å²) in [6.45, 7) is 6.06. The number of halogens is 1. The fraction of sp³-hybridized carbons (Fsp3) is 0.474. The highest BCUT2D eigenvalue weighted by molar-refractivity contribution is 5.96. The van der Waals surface area contributed by atoms with Crippen molar-refractivity contribution in [3.8, 4) is 5.75 Å². The lowest BCUT2D eigenvalue weighted by atomic mass is 10.1. The second-order valence-electron chi connectivity index (χ2n) is 6.81. The molecule has 1 unspecified atom stereocenters. The highest BCUT2D eigenvalue weighted by Crippen LogP contribution is 2.30. The Balaban J connectivity index is 1.68. The van der Waals surface area contributed by atoms with Gasteiger partial charge in [0.2, 0.25) is 0 Å². The molecule has 3 rings (SSSR count). The second-order valence-corrected chi connectivity index (χ2v) is 6.81. The molecule has 0 spiro atoms. The van der Waals surface area contributed by atoms with E-state index in [1.54, 1.807) is 30.8 Å². The Labute approximate surface area is 147 Å². The number of nitrogens with zero attached hydrogens (tertiary/aromatic N) is 2. The molecule has 2 aromatic rings. The van der Waals surface area contributed by atoms with E-state index in [2.05, 4.69) is 10.4 Å². The van der Waals surface area contributed by atoms with Gasteiger partial charge in [0.15, 0.2) is 11.6 Å². The number of aryl methyl sites for hydroxylation is 2. The molecule has 1 atom stereocenters. The fourth-order valence-corrected chi connectivity index (χ4v) is 2.85. The van der Waals surface area contributed by atoms with Crippen LogP contribution >= 0.6 is 0 Å². The van der Waals surface area contributed by atoms with Crippen LogP contribution in [0.2, 0.25) is 0 Å². The van der Waals surface area contributed by atoms with E-state index in [1.807, 2.05) is 13.8 Å². The number of ether oxygens (including phenoxy) is 1. The van der Waals surface area contributed by atoms with Gasteiger partial charge in [0.25, 0.3) is 5.91 Å². The Morgan fingerprint density at radius 1 is 1.44 bits per heavy atom. The van der Waals surface area contributed by atoms with Crippen molar-refractivity contribution in [1.82, 2.24) is 15.1 Å². The van der Waals surface area contributed by atoms with Gasteiger partial charge >= 0.3 is 0 Å². The van der Waals surface area contributed by atoms with Crippen LogP contribution in [-0.4, -0.2) is 22.3 Å². The van der Waals surface area contributed by atoms with Crippen molar-refractivity contribution in [2.24, 2.45) is 13.0 Å². The lowest BCUT2D eigenvalue weighted by Gasteiger charge is -2.16. The quantitative estimate of drug-likeness (QED) is 0.872. The van der Waals surface area contributed by atoms with Crippen LogP contribution in [0.3, 0.4) is 0 Å². The highest BCUT2D eigenvalue weighted by atomic mass is 19.1. The monoisotopic (exact) mass is 345 g/mol. The number of aromatic nitrogens is 2. The fourth-order valence-electron chi connectivity index (χ4n) is 2.85. The van der Waals surface area contributed by atoms with E-state index in [-0.39, 0.29) is 17.7 Å². The summed E-state index contributed by atoms with van der Waals surface area (Å²) in [5, 5.41) is 7.17. The van der Waals surface area contributed by atoms with Crippen LogP contribution in [0.4, 0.5) is 4.39 Å². The average Bonchev–Trinajstić information content (AvgIpc) is 3.33. The Hall–Kier alpha value is -2.37. The smallest absolute Gasteiger partial charge is 0.255 e. The molecule has 1 aliphatic carbocycles. The number of rotatable bonds is 6. The van der Waals surface area contributed by atoms with Gasteiger partial charge in [0.05, 0.1) is 23.9 Å². The molecule has 1 saturated carbocycles. The average molecular weight is 345 g/mol. The molecule has 0 saturated heterocycles. The van der Waals surface area contributed by atoms with Gasteiger partial charge in [-0.05, 0) is 57.2 Å². The van der Waals surface area contributed by atoms with Crippen LogP contribution in [-0.2, 0) is 7.05 Å². The van der Waals surface area contributed by atoms with Gasteiger partial charge in [-0.25, -0.2) is 4.39 Å². The molecule has 0 bridgehead atoms. The summed E-state index contributed by atoms with van der Waals surface area (Å²) >= 11 is 0. The number of hydrogen-bond acceptors (Lipinski definition) is 3. The topological polar surface area (TPSA) is 56.2 Å². The van der Waals surface area contributed by atoms with E-state index in [4.69, 9.17) is 4.74 Å². The van der Waals surface area contributed by atoms with Gasteiger partial charge in [-0.3, -0.25) is 9.48 Å². The molecule has 1 N–H and O–H groups in total. The number of nitrogens with one attached hydrogen (secondary N) is 1. The molecule has 1 amide bonds. The van der Waals surface area contributed by atoms with E-state index >= 15 is 0 Å². The van der Waals surface area contributed by atoms with E-state index in [0.29, 0.717) is 29.3 Å². The zero-order valence-corrected chi connectivity index (χ0v) is 15.1. The van der Waals surface area contributed by atoms with Crippen molar-refractivity contribution in [2.75, 3.05) is 6.61 Å². The first kappa shape index (κ1) is 17.5. The first-order valence-electron chi connectivity index (χ1n) is 8.60. The lowest BCUT2D eigenvalue weighted by Crippen LogP contribution is -2.27. The zero-order chi connectivity index (χ0) is 18.1. The molecule has 25 heavy (non-hydrogen) atoms. The minimum atomic E-state index is -0.395. The van der Waals surface area contributed by atoms with Crippen molar-refractivity contribution in [3.05, 3.63) is 46.5 Å². The zero-order valence-electron chi connectivity index (χ0n) is 15.1. The Bertz CT molecular complexity index is 796. The molecule has 6 heteroatoms. The third-order valence-electron chi connectivity index (χ3n) is 4.71. The molecule has 0 radical (unpaired) electrons. The van der Waals surface area contributed by atoms with Crippen LogP contribution in [0.25, 0.3) is 0 Å². The molecular weight excluding hydrogens is 321 g/mol. The van der Waals surface area contributed by atoms with Crippen molar-refractivity contribution < 1.29 is 13.9 Å². The third-order valence-corrected chi connectivity index (χ3v) is 4.71. The maximum atomic E-state index is 14.2. The number of carbonyl (C=O) groups excluding carboxylic acids is 1. The summed E-state index contributed by atoms with van der Waals surface area (Å²) in [5.41, 5.74) is 2.75. The SMILES string of the molecule is Cc1nn(C)c(C)c1C(=O)NC(C)c1ccc(OCC2CC2)c(F)c1. The van der Waals surface area contributed by atoms with Crippen molar-refractivity contribution in [3.63, 3.8) is 0 Å². The molecule has 134 valence electrons.